The molecule has 0 saturated carbocycles. The lowest BCUT2D eigenvalue weighted by Gasteiger charge is -2.34. The highest BCUT2D eigenvalue weighted by atomic mass is 16.2. The maximum Gasteiger partial charge on any atom is 0.290 e. The Hall–Kier alpha value is -4.86. The minimum atomic E-state index is -0.689. The van der Waals surface area contributed by atoms with Crippen LogP contribution in [0.4, 0.5) is 5.69 Å². The van der Waals surface area contributed by atoms with E-state index in [2.05, 4.69) is 20.6 Å². The molecule has 0 aliphatic carbocycles. The fourth-order valence-corrected chi connectivity index (χ4v) is 4.93. The standard InChI is InChI=1S/C28H25N7O3/c36-26(28(38)34-15-13-33(14-16-34)27(37)19-7-3-1-4-8-19)22-17-30-24-21(11-12-29-25(22)24)23-18-35(32-31-23)20-9-5-2-6-10-20/h1-12,18,22,30H,13-17H2. The molecule has 4 heterocycles. The van der Waals surface area contributed by atoms with E-state index in [0.717, 1.165) is 11.3 Å². The summed E-state index contributed by atoms with van der Waals surface area (Å²) in [6, 6.07) is 20.5. The maximum absolute atomic E-state index is 13.3. The molecule has 38 heavy (non-hydrogen) atoms. The second-order valence-electron chi connectivity index (χ2n) is 9.25. The van der Waals surface area contributed by atoms with Crippen LogP contribution in [0, 0.1) is 0 Å². The van der Waals surface area contributed by atoms with E-state index in [1.165, 1.54) is 4.90 Å². The molecule has 2 aromatic carbocycles. The summed E-state index contributed by atoms with van der Waals surface area (Å²) in [5, 5.41) is 11.8. The third kappa shape index (κ3) is 4.30. The monoisotopic (exact) mass is 507 g/mol. The molecule has 10 nitrogen and oxygen atoms in total. The number of Topliss-reactive ketones (excluding diaryl/α,β-unsaturated/α-hetero) is 1. The zero-order valence-corrected chi connectivity index (χ0v) is 20.5. The molecule has 1 fully saturated rings. The van der Waals surface area contributed by atoms with Gasteiger partial charge in [-0.25, -0.2) is 4.68 Å². The maximum atomic E-state index is 13.3. The van der Waals surface area contributed by atoms with Gasteiger partial charge in [-0.05, 0) is 30.3 Å². The Morgan fingerprint density at radius 1 is 0.842 bits per heavy atom. The van der Waals surface area contributed by atoms with Crippen LogP contribution in [0.5, 0.6) is 0 Å². The van der Waals surface area contributed by atoms with E-state index >= 15 is 0 Å². The Labute approximate surface area is 218 Å². The van der Waals surface area contributed by atoms with E-state index in [0.29, 0.717) is 48.8 Å². The first-order valence-corrected chi connectivity index (χ1v) is 12.5. The Morgan fingerprint density at radius 3 is 2.26 bits per heavy atom. The summed E-state index contributed by atoms with van der Waals surface area (Å²) in [4.78, 5) is 46.9. The Balaban J connectivity index is 1.15. The van der Waals surface area contributed by atoms with Gasteiger partial charge >= 0.3 is 0 Å². The van der Waals surface area contributed by atoms with Gasteiger partial charge in [-0.3, -0.25) is 19.4 Å². The number of anilines is 1. The van der Waals surface area contributed by atoms with Crippen LogP contribution in [0.25, 0.3) is 16.9 Å². The van der Waals surface area contributed by atoms with Gasteiger partial charge in [-0.2, -0.15) is 0 Å². The van der Waals surface area contributed by atoms with E-state index < -0.39 is 17.6 Å². The van der Waals surface area contributed by atoms with Crippen molar-refractivity contribution in [2.24, 2.45) is 0 Å². The van der Waals surface area contributed by atoms with Crippen molar-refractivity contribution < 1.29 is 14.4 Å². The number of pyridine rings is 1. The average Bonchev–Trinajstić information content (AvgIpc) is 3.65. The SMILES string of the molecule is O=C(C(=O)N1CCN(C(=O)c2ccccc2)CC1)C1CNc2c(-c3cn(-c4ccccc4)nn3)ccnc21. The number of carbonyl (C=O) groups is 3. The van der Waals surface area contributed by atoms with Crippen molar-refractivity contribution in [3.05, 3.63) is 90.4 Å². The summed E-state index contributed by atoms with van der Waals surface area (Å²) in [6.45, 7) is 1.67. The zero-order valence-electron chi connectivity index (χ0n) is 20.5. The molecule has 2 aliphatic heterocycles. The summed E-state index contributed by atoms with van der Waals surface area (Å²) in [6.07, 6.45) is 3.45. The number of para-hydroxylation sites is 1. The number of carbonyl (C=O) groups excluding carboxylic acids is 3. The molecule has 0 radical (unpaired) electrons. The zero-order chi connectivity index (χ0) is 26.1. The number of hydrogen-bond donors (Lipinski definition) is 1. The normalized spacial score (nSPS) is 16.6. The predicted octanol–water partition coefficient (Wildman–Crippen LogP) is 2.39. The molecule has 190 valence electrons. The van der Waals surface area contributed by atoms with E-state index in [1.54, 1.807) is 27.9 Å². The number of amides is 2. The van der Waals surface area contributed by atoms with Crippen molar-refractivity contribution in [2.45, 2.75) is 5.92 Å². The van der Waals surface area contributed by atoms with Crippen molar-refractivity contribution in [1.29, 1.82) is 0 Å². The van der Waals surface area contributed by atoms with Gasteiger partial charge in [0.05, 0.1) is 29.2 Å². The first-order chi connectivity index (χ1) is 18.6. The number of fused-ring (bicyclic) bond motifs is 1. The molecule has 2 aliphatic rings. The lowest BCUT2D eigenvalue weighted by molar-refractivity contribution is -0.146. The van der Waals surface area contributed by atoms with Crippen LogP contribution >= 0.6 is 0 Å². The molecule has 2 aromatic heterocycles. The molecule has 1 unspecified atom stereocenters. The number of rotatable bonds is 5. The topological polar surface area (TPSA) is 113 Å². The van der Waals surface area contributed by atoms with Crippen molar-refractivity contribution in [1.82, 2.24) is 29.8 Å². The van der Waals surface area contributed by atoms with Crippen LogP contribution in [-0.4, -0.2) is 80.1 Å². The van der Waals surface area contributed by atoms with Crippen LogP contribution in [0.15, 0.2) is 79.1 Å². The molecule has 1 atom stereocenters. The molecule has 0 bridgehead atoms. The number of piperazine rings is 1. The van der Waals surface area contributed by atoms with Crippen LogP contribution in [-0.2, 0) is 9.59 Å². The Morgan fingerprint density at radius 2 is 1.53 bits per heavy atom. The molecular weight excluding hydrogens is 482 g/mol. The van der Waals surface area contributed by atoms with Gasteiger partial charge in [0.2, 0.25) is 5.78 Å². The van der Waals surface area contributed by atoms with Gasteiger partial charge in [-0.1, -0.05) is 41.6 Å². The number of ketones is 1. The van der Waals surface area contributed by atoms with E-state index in [-0.39, 0.29) is 12.5 Å². The smallest absolute Gasteiger partial charge is 0.290 e. The second-order valence-corrected chi connectivity index (χ2v) is 9.25. The van der Waals surface area contributed by atoms with Gasteiger partial charge in [-0.15, -0.1) is 5.10 Å². The van der Waals surface area contributed by atoms with Crippen molar-refractivity contribution in [2.75, 3.05) is 38.0 Å². The minimum absolute atomic E-state index is 0.0705. The Bertz CT molecular complexity index is 1500. The second kappa shape index (κ2) is 9.89. The lowest BCUT2D eigenvalue weighted by atomic mass is 9.98. The number of nitrogens with zero attached hydrogens (tertiary/aromatic N) is 6. The van der Waals surface area contributed by atoms with Crippen molar-refractivity contribution >= 4 is 23.3 Å². The van der Waals surface area contributed by atoms with Crippen LogP contribution in [0.2, 0.25) is 0 Å². The number of nitrogens with one attached hydrogen (secondary N) is 1. The van der Waals surface area contributed by atoms with Crippen LogP contribution < -0.4 is 5.32 Å². The minimum Gasteiger partial charge on any atom is -0.382 e. The van der Waals surface area contributed by atoms with Gasteiger partial charge in [0, 0.05) is 50.0 Å². The summed E-state index contributed by atoms with van der Waals surface area (Å²) in [5.41, 5.74) is 4.13. The van der Waals surface area contributed by atoms with Crippen molar-refractivity contribution in [3.63, 3.8) is 0 Å². The number of benzene rings is 2. The first-order valence-electron chi connectivity index (χ1n) is 12.5. The highest BCUT2D eigenvalue weighted by Gasteiger charge is 2.38. The Kier molecular flexibility index (Phi) is 6.12. The van der Waals surface area contributed by atoms with Gasteiger partial charge in [0.25, 0.3) is 11.8 Å². The first kappa shape index (κ1) is 23.5. The fraction of sp³-hybridized carbons (Fsp3) is 0.214. The van der Waals surface area contributed by atoms with E-state index in [4.69, 9.17) is 0 Å². The molecule has 1 N–H and O–H groups in total. The summed E-state index contributed by atoms with van der Waals surface area (Å²) in [5.74, 6) is -1.81. The van der Waals surface area contributed by atoms with Gasteiger partial charge in [0.1, 0.15) is 5.69 Å². The number of aromatic nitrogens is 4. The quantitative estimate of drug-likeness (QED) is 0.413. The van der Waals surface area contributed by atoms with E-state index in [1.807, 2.05) is 60.8 Å². The summed E-state index contributed by atoms with van der Waals surface area (Å²) < 4.78 is 1.69. The van der Waals surface area contributed by atoms with Gasteiger partial charge < -0.3 is 15.1 Å². The summed E-state index contributed by atoms with van der Waals surface area (Å²) in [7, 11) is 0. The number of hydrogen-bond acceptors (Lipinski definition) is 7. The summed E-state index contributed by atoms with van der Waals surface area (Å²) >= 11 is 0. The molecule has 10 heteroatoms. The highest BCUT2D eigenvalue weighted by Crippen LogP contribution is 2.38. The fourth-order valence-electron chi connectivity index (χ4n) is 4.93. The third-order valence-corrected chi connectivity index (χ3v) is 6.99. The van der Waals surface area contributed by atoms with Crippen molar-refractivity contribution in [3.8, 4) is 16.9 Å². The molecule has 4 aromatic rings. The molecule has 2 amide bonds. The highest BCUT2D eigenvalue weighted by molar-refractivity contribution is 6.38. The van der Waals surface area contributed by atoms with Crippen LogP contribution in [0.1, 0.15) is 22.0 Å². The predicted molar refractivity (Wildman–Crippen MR) is 140 cm³/mol. The van der Waals surface area contributed by atoms with Crippen LogP contribution in [0.3, 0.4) is 0 Å². The average molecular weight is 508 g/mol. The lowest BCUT2D eigenvalue weighted by Crippen LogP contribution is -2.52. The molecule has 1 saturated heterocycles. The molecular formula is C28H25N7O3. The molecule has 6 rings (SSSR count). The molecule has 0 spiro atoms. The third-order valence-electron chi connectivity index (χ3n) is 6.99. The largest absolute Gasteiger partial charge is 0.382 e. The van der Waals surface area contributed by atoms with E-state index in [9.17, 15) is 14.4 Å². The van der Waals surface area contributed by atoms with Gasteiger partial charge in [0.15, 0.2) is 0 Å².